The first kappa shape index (κ1) is 18.5. The van der Waals surface area contributed by atoms with E-state index >= 15 is 0 Å². The van der Waals surface area contributed by atoms with Crippen LogP contribution in [0, 0.1) is 0 Å². The Morgan fingerprint density at radius 1 is 1.23 bits per heavy atom. The van der Waals surface area contributed by atoms with Crippen LogP contribution in [0.3, 0.4) is 0 Å². The molecular formula is C18H15BrN2O4S. The molecule has 0 spiro atoms. The fraction of sp³-hybridized carbons (Fsp3) is 0.167. The number of hydrogen-bond donors (Lipinski definition) is 0. The zero-order chi connectivity index (χ0) is 18.7. The van der Waals surface area contributed by atoms with Crippen LogP contribution in [-0.2, 0) is 14.3 Å². The number of hydrogen-bond acceptors (Lipinski definition) is 5. The molecule has 3 rings (SSSR count). The molecule has 0 N–H and O–H groups in total. The van der Waals surface area contributed by atoms with Crippen LogP contribution >= 0.6 is 27.7 Å². The molecule has 0 aliphatic carbocycles. The molecular weight excluding hydrogens is 420 g/mol. The van der Waals surface area contributed by atoms with E-state index in [-0.39, 0.29) is 18.1 Å². The van der Waals surface area contributed by atoms with Crippen LogP contribution in [0.5, 0.6) is 0 Å². The van der Waals surface area contributed by atoms with Gasteiger partial charge in [0.2, 0.25) is 0 Å². The molecule has 0 saturated carbocycles. The number of aromatic nitrogens is 1. The Labute approximate surface area is 162 Å². The molecule has 8 heteroatoms. The Kier molecular flexibility index (Phi) is 5.63. The summed E-state index contributed by atoms with van der Waals surface area (Å²) in [5, 5.41) is -0.476. The Bertz CT molecular complexity index is 889. The van der Waals surface area contributed by atoms with Gasteiger partial charge in [-0.1, -0.05) is 15.9 Å². The number of thioether (sulfide) groups is 1. The van der Waals surface area contributed by atoms with Crippen LogP contribution in [0.4, 0.5) is 4.79 Å². The van der Waals surface area contributed by atoms with Gasteiger partial charge in [0.15, 0.2) is 0 Å². The number of benzene rings is 1. The van der Waals surface area contributed by atoms with E-state index in [0.29, 0.717) is 0 Å². The van der Waals surface area contributed by atoms with Crippen LogP contribution in [0.2, 0.25) is 0 Å². The van der Waals surface area contributed by atoms with E-state index < -0.39 is 17.1 Å². The molecule has 1 saturated heterocycles. The molecule has 1 aromatic heterocycles. The summed E-state index contributed by atoms with van der Waals surface area (Å²) in [6.07, 6.45) is 3.52. The van der Waals surface area contributed by atoms with Crippen LogP contribution < -0.4 is 0 Å². The van der Waals surface area contributed by atoms with Crippen molar-refractivity contribution in [3.63, 3.8) is 0 Å². The maximum atomic E-state index is 12.5. The maximum Gasteiger partial charge on any atom is 0.326 e. The van der Waals surface area contributed by atoms with Gasteiger partial charge in [0.25, 0.3) is 11.1 Å². The Balaban J connectivity index is 1.84. The molecule has 26 heavy (non-hydrogen) atoms. The standard InChI is InChI=1S/C18H15BrN2O4S/c1-2-25-16(22)11-21-17(23)15(26-18(21)24)10-14-4-3-9-20(14)13-7-5-12(19)6-8-13/h3-10H,2,11H2,1H3. The molecule has 2 aromatic rings. The minimum Gasteiger partial charge on any atom is -0.465 e. The number of amides is 2. The number of halogens is 1. The van der Waals surface area contributed by atoms with Gasteiger partial charge in [-0.25, -0.2) is 0 Å². The quantitative estimate of drug-likeness (QED) is 0.528. The maximum absolute atomic E-state index is 12.5. The van der Waals surface area contributed by atoms with Gasteiger partial charge in [-0.05, 0) is 61.2 Å². The predicted octanol–water partition coefficient (Wildman–Crippen LogP) is 3.84. The predicted molar refractivity (Wildman–Crippen MR) is 103 cm³/mol. The van der Waals surface area contributed by atoms with Gasteiger partial charge in [0.1, 0.15) is 6.54 Å². The topological polar surface area (TPSA) is 68.6 Å². The third kappa shape index (κ3) is 3.91. The molecule has 1 aliphatic heterocycles. The van der Waals surface area contributed by atoms with Gasteiger partial charge in [0, 0.05) is 22.1 Å². The average molecular weight is 435 g/mol. The highest BCUT2D eigenvalue weighted by atomic mass is 79.9. The molecule has 1 aromatic carbocycles. The molecule has 1 fully saturated rings. The van der Waals surface area contributed by atoms with Crippen molar-refractivity contribution in [3.8, 4) is 5.69 Å². The van der Waals surface area contributed by atoms with Gasteiger partial charge in [-0.3, -0.25) is 19.3 Å². The normalized spacial score (nSPS) is 15.8. The van der Waals surface area contributed by atoms with E-state index in [9.17, 15) is 14.4 Å². The second-order valence-electron chi connectivity index (χ2n) is 5.35. The van der Waals surface area contributed by atoms with E-state index in [1.165, 1.54) is 0 Å². The van der Waals surface area contributed by atoms with Crippen molar-refractivity contribution in [1.29, 1.82) is 0 Å². The first-order valence-electron chi connectivity index (χ1n) is 7.84. The average Bonchev–Trinajstić information content (AvgIpc) is 3.16. The van der Waals surface area contributed by atoms with E-state index in [1.54, 1.807) is 13.0 Å². The first-order valence-corrected chi connectivity index (χ1v) is 9.45. The second kappa shape index (κ2) is 7.92. The Morgan fingerprint density at radius 3 is 2.65 bits per heavy atom. The summed E-state index contributed by atoms with van der Waals surface area (Å²) in [4.78, 5) is 37.3. The third-order valence-corrected chi connectivity index (χ3v) is 5.07. The summed E-state index contributed by atoms with van der Waals surface area (Å²) in [5.41, 5.74) is 1.68. The first-order chi connectivity index (χ1) is 12.5. The zero-order valence-corrected chi connectivity index (χ0v) is 16.2. The highest BCUT2D eigenvalue weighted by molar-refractivity contribution is 9.10. The van der Waals surface area contributed by atoms with Crippen LogP contribution in [0.15, 0.2) is 52.0 Å². The monoisotopic (exact) mass is 434 g/mol. The summed E-state index contributed by atoms with van der Waals surface area (Å²) in [5.74, 6) is -1.09. The second-order valence-corrected chi connectivity index (χ2v) is 7.26. The van der Waals surface area contributed by atoms with Crippen molar-refractivity contribution in [2.75, 3.05) is 13.2 Å². The van der Waals surface area contributed by atoms with Gasteiger partial charge >= 0.3 is 5.97 Å². The summed E-state index contributed by atoms with van der Waals surface area (Å²) in [7, 11) is 0. The Morgan fingerprint density at radius 2 is 1.96 bits per heavy atom. The Hall–Kier alpha value is -2.32. The van der Waals surface area contributed by atoms with Crippen molar-refractivity contribution >= 4 is 50.9 Å². The number of esters is 1. The highest BCUT2D eigenvalue weighted by Gasteiger charge is 2.36. The van der Waals surface area contributed by atoms with E-state index in [2.05, 4.69) is 15.9 Å². The van der Waals surface area contributed by atoms with Gasteiger partial charge in [-0.2, -0.15) is 0 Å². The molecule has 0 radical (unpaired) electrons. The minimum absolute atomic E-state index is 0.200. The van der Waals surface area contributed by atoms with Crippen molar-refractivity contribution in [2.45, 2.75) is 6.92 Å². The third-order valence-electron chi connectivity index (χ3n) is 3.63. The highest BCUT2D eigenvalue weighted by Crippen LogP contribution is 2.32. The van der Waals surface area contributed by atoms with E-state index in [0.717, 1.165) is 32.5 Å². The van der Waals surface area contributed by atoms with Crippen molar-refractivity contribution in [2.24, 2.45) is 0 Å². The lowest BCUT2D eigenvalue weighted by atomic mass is 10.3. The number of nitrogens with zero attached hydrogens (tertiary/aromatic N) is 2. The lowest BCUT2D eigenvalue weighted by Gasteiger charge is -2.11. The lowest BCUT2D eigenvalue weighted by Crippen LogP contribution is -2.34. The number of imide groups is 1. The minimum atomic E-state index is -0.603. The van der Waals surface area contributed by atoms with Gasteiger partial charge in [-0.15, -0.1) is 0 Å². The summed E-state index contributed by atoms with van der Waals surface area (Å²) >= 11 is 4.22. The molecule has 0 atom stereocenters. The summed E-state index contributed by atoms with van der Waals surface area (Å²) in [6.45, 7) is 1.50. The molecule has 134 valence electrons. The molecule has 6 nitrogen and oxygen atoms in total. The van der Waals surface area contributed by atoms with Gasteiger partial charge in [0.05, 0.1) is 11.5 Å². The molecule has 1 aliphatic rings. The molecule has 0 bridgehead atoms. The zero-order valence-electron chi connectivity index (χ0n) is 13.8. The van der Waals surface area contributed by atoms with Crippen molar-refractivity contribution in [3.05, 3.63) is 57.7 Å². The van der Waals surface area contributed by atoms with Crippen LogP contribution in [0.25, 0.3) is 11.8 Å². The smallest absolute Gasteiger partial charge is 0.326 e. The van der Waals surface area contributed by atoms with Crippen LogP contribution in [-0.4, -0.2) is 39.7 Å². The van der Waals surface area contributed by atoms with Crippen molar-refractivity contribution < 1.29 is 19.1 Å². The summed E-state index contributed by atoms with van der Waals surface area (Å²) in [6, 6.07) is 11.4. The van der Waals surface area contributed by atoms with Crippen molar-refractivity contribution in [1.82, 2.24) is 9.47 Å². The number of carbonyl (C=O) groups is 3. The fourth-order valence-electron chi connectivity index (χ4n) is 2.45. The fourth-order valence-corrected chi connectivity index (χ4v) is 3.54. The molecule has 2 amide bonds. The van der Waals surface area contributed by atoms with Crippen LogP contribution in [0.1, 0.15) is 12.6 Å². The van der Waals surface area contributed by atoms with E-state index in [4.69, 9.17) is 4.74 Å². The SMILES string of the molecule is CCOC(=O)CN1C(=O)SC(=Cc2cccn2-c2ccc(Br)cc2)C1=O. The number of rotatable bonds is 5. The van der Waals surface area contributed by atoms with Gasteiger partial charge < -0.3 is 9.30 Å². The lowest BCUT2D eigenvalue weighted by molar-refractivity contribution is -0.145. The molecule has 0 unspecified atom stereocenters. The largest absolute Gasteiger partial charge is 0.465 e. The summed E-state index contributed by atoms with van der Waals surface area (Å²) < 4.78 is 7.68. The van der Waals surface area contributed by atoms with E-state index in [1.807, 2.05) is 47.2 Å². The number of carbonyl (C=O) groups excluding carboxylic acids is 3. The molecule has 2 heterocycles. The number of ether oxygens (including phenoxy) is 1.